The van der Waals surface area contributed by atoms with E-state index in [1.807, 2.05) is 0 Å². The largest absolute Gasteiger partial charge is 0.465 e. The number of hydrogen-bond acceptors (Lipinski definition) is 7. The van der Waals surface area contributed by atoms with E-state index in [1.54, 1.807) is 12.1 Å². The van der Waals surface area contributed by atoms with Gasteiger partial charge in [-0.25, -0.2) is 9.59 Å². The van der Waals surface area contributed by atoms with Crippen molar-refractivity contribution in [3.05, 3.63) is 63.1 Å². The summed E-state index contributed by atoms with van der Waals surface area (Å²) in [5, 5.41) is 3.10. The number of carbonyl (C=O) groups is 4. The van der Waals surface area contributed by atoms with Crippen molar-refractivity contribution >= 4 is 52.7 Å². The second-order valence-electron chi connectivity index (χ2n) is 5.92. The van der Waals surface area contributed by atoms with Gasteiger partial charge < -0.3 is 19.5 Å². The quantitative estimate of drug-likeness (QED) is 0.505. The second kappa shape index (κ2) is 10.6. The van der Waals surface area contributed by atoms with E-state index >= 15 is 0 Å². The molecule has 10 heteroatoms. The van der Waals surface area contributed by atoms with E-state index in [0.29, 0.717) is 15.6 Å². The van der Waals surface area contributed by atoms with Gasteiger partial charge in [-0.3, -0.25) is 9.59 Å². The first kappa shape index (κ1) is 23.2. The summed E-state index contributed by atoms with van der Waals surface area (Å²) in [6.45, 7) is -0.573. The van der Waals surface area contributed by atoms with Gasteiger partial charge in [-0.1, -0.05) is 29.3 Å². The summed E-state index contributed by atoms with van der Waals surface area (Å²) in [4.78, 5) is 47.6. The highest BCUT2D eigenvalue weighted by atomic mass is 35.5. The summed E-state index contributed by atoms with van der Waals surface area (Å²) >= 11 is 11.7. The Kier molecular flexibility index (Phi) is 8.20. The molecule has 2 aromatic carbocycles. The van der Waals surface area contributed by atoms with E-state index < -0.39 is 30.4 Å². The van der Waals surface area contributed by atoms with E-state index in [0.717, 1.165) is 0 Å². The number of anilines is 1. The van der Waals surface area contributed by atoms with Crippen LogP contribution in [0, 0.1) is 0 Å². The van der Waals surface area contributed by atoms with Crippen molar-refractivity contribution in [1.82, 2.24) is 0 Å². The fourth-order valence-electron chi connectivity index (χ4n) is 2.38. The number of hydrogen-bond donors (Lipinski definition) is 1. The molecule has 0 atom stereocenters. The highest BCUT2D eigenvalue weighted by Crippen LogP contribution is 2.23. The number of ether oxygens (including phenoxy) is 3. The lowest BCUT2D eigenvalue weighted by Crippen LogP contribution is -2.22. The number of esters is 3. The highest BCUT2D eigenvalue weighted by molar-refractivity contribution is 6.42. The molecule has 0 unspecified atom stereocenters. The third kappa shape index (κ3) is 6.47. The molecule has 0 aliphatic heterocycles. The summed E-state index contributed by atoms with van der Waals surface area (Å²) in [7, 11) is 2.36. The molecule has 1 N–H and O–H groups in total. The Morgan fingerprint density at radius 3 is 2.00 bits per heavy atom. The molecule has 0 aliphatic rings. The average Bonchev–Trinajstić information content (AvgIpc) is 2.73. The fraction of sp³-hybridized carbons (Fsp3) is 0.200. The molecular formula is C20H17Cl2NO7. The third-order valence-electron chi connectivity index (χ3n) is 3.76. The number of amides is 1. The molecule has 0 aromatic heterocycles. The minimum absolute atomic E-state index is 0.0345. The van der Waals surface area contributed by atoms with Gasteiger partial charge in [0.15, 0.2) is 6.61 Å². The predicted molar refractivity (Wildman–Crippen MR) is 109 cm³/mol. The Bertz CT molecular complexity index is 957. The van der Waals surface area contributed by atoms with Crippen LogP contribution < -0.4 is 5.32 Å². The van der Waals surface area contributed by atoms with E-state index in [-0.39, 0.29) is 23.2 Å². The Balaban J connectivity index is 2.01. The van der Waals surface area contributed by atoms with Crippen LogP contribution in [0.2, 0.25) is 10.0 Å². The van der Waals surface area contributed by atoms with E-state index in [1.165, 1.54) is 38.5 Å². The Morgan fingerprint density at radius 1 is 0.867 bits per heavy atom. The second-order valence-corrected chi connectivity index (χ2v) is 6.73. The lowest BCUT2D eigenvalue weighted by atomic mass is 10.1. The maximum atomic E-state index is 12.1. The molecule has 0 aliphatic carbocycles. The van der Waals surface area contributed by atoms with Crippen LogP contribution in [0.4, 0.5) is 5.69 Å². The first-order chi connectivity index (χ1) is 14.2. The Labute approximate surface area is 182 Å². The molecule has 0 radical (unpaired) electrons. The van der Waals surface area contributed by atoms with Crippen molar-refractivity contribution in [3.8, 4) is 0 Å². The minimum Gasteiger partial charge on any atom is -0.465 e. The van der Waals surface area contributed by atoms with Gasteiger partial charge >= 0.3 is 17.9 Å². The molecule has 2 rings (SSSR count). The molecule has 0 heterocycles. The minimum atomic E-state index is -0.704. The molecular weight excluding hydrogens is 437 g/mol. The standard InChI is InChI=1S/C20H17Cl2NO7/c1-28-19(26)12-7-13(20(27)29-2)9-14(8-12)23-17(24)10-30-18(25)6-11-3-4-15(21)16(22)5-11/h3-5,7-9H,6,10H2,1-2H3,(H,23,24). The smallest absolute Gasteiger partial charge is 0.337 e. The monoisotopic (exact) mass is 453 g/mol. The molecule has 0 spiro atoms. The molecule has 1 amide bonds. The third-order valence-corrected chi connectivity index (χ3v) is 4.49. The summed E-state index contributed by atoms with van der Waals surface area (Å²) < 4.78 is 14.2. The van der Waals surface area contributed by atoms with Gasteiger partial charge in [-0.2, -0.15) is 0 Å². The SMILES string of the molecule is COC(=O)c1cc(NC(=O)COC(=O)Cc2ccc(Cl)c(Cl)c2)cc(C(=O)OC)c1. The van der Waals surface area contributed by atoms with Crippen LogP contribution in [-0.2, 0) is 30.2 Å². The molecule has 8 nitrogen and oxygen atoms in total. The zero-order valence-corrected chi connectivity index (χ0v) is 17.5. The summed E-state index contributed by atoms with van der Waals surface area (Å²) in [5.41, 5.74) is 0.770. The van der Waals surface area contributed by atoms with Gasteiger partial charge in [-0.05, 0) is 35.9 Å². The van der Waals surface area contributed by atoms with Gasteiger partial charge in [-0.15, -0.1) is 0 Å². The van der Waals surface area contributed by atoms with Crippen molar-refractivity contribution in [2.45, 2.75) is 6.42 Å². The highest BCUT2D eigenvalue weighted by Gasteiger charge is 2.16. The average molecular weight is 454 g/mol. The van der Waals surface area contributed by atoms with Crippen LogP contribution in [-0.4, -0.2) is 44.6 Å². The molecule has 158 valence electrons. The topological polar surface area (TPSA) is 108 Å². The zero-order chi connectivity index (χ0) is 22.3. The molecule has 0 fully saturated rings. The van der Waals surface area contributed by atoms with Gasteiger partial charge in [0, 0.05) is 5.69 Å². The van der Waals surface area contributed by atoms with Gasteiger partial charge in [0.05, 0.1) is 41.8 Å². The van der Waals surface area contributed by atoms with Crippen LogP contribution in [0.25, 0.3) is 0 Å². The predicted octanol–water partition coefficient (Wildman–Crippen LogP) is 3.29. The first-order valence-corrected chi connectivity index (χ1v) is 9.20. The summed E-state index contributed by atoms with van der Waals surface area (Å²) in [5.74, 6) is -2.73. The molecule has 30 heavy (non-hydrogen) atoms. The lowest BCUT2D eigenvalue weighted by Gasteiger charge is -2.10. The van der Waals surface area contributed by atoms with E-state index in [2.05, 4.69) is 14.8 Å². The number of carbonyl (C=O) groups excluding carboxylic acids is 4. The summed E-state index contributed by atoms with van der Waals surface area (Å²) in [6, 6.07) is 8.58. The number of benzene rings is 2. The lowest BCUT2D eigenvalue weighted by molar-refractivity contribution is -0.146. The van der Waals surface area contributed by atoms with Crippen molar-refractivity contribution in [2.24, 2.45) is 0 Å². The van der Waals surface area contributed by atoms with Gasteiger partial charge in [0.2, 0.25) is 0 Å². The van der Waals surface area contributed by atoms with Gasteiger partial charge in [0.25, 0.3) is 5.91 Å². The maximum absolute atomic E-state index is 12.1. The van der Waals surface area contributed by atoms with Crippen LogP contribution >= 0.6 is 23.2 Å². The van der Waals surface area contributed by atoms with Crippen molar-refractivity contribution in [3.63, 3.8) is 0 Å². The van der Waals surface area contributed by atoms with Crippen molar-refractivity contribution < 1.29 is 33.4 Å². The van der Waals surface area contributed by atoms with Crippen LogP contribution in [0.15, 0.2) is 36.4 Å². The van der Waals surface area contributed by atoms with Gasteiger partial charge in [0.1, 0.15) is 0 Å². The maximum Gasteiger partial charge on any atom is 0.337 e. The number of methoxy groups -OCH3 is 2. The first-order valence-electron chi connectivity index (χ1n) is 8.44. The normalized spacial score (nSPS) is 10.1. The molecule has 2 aromatic rings. The number of nitrogens with one attached hydrogen (secondary N) is 1. The molecule has 0 saturated heterocycles. The van der Waals surface area contributed by atoms with E-state index in [9.17, 15) is 19.2 Å². The number of rotatable bonds is 7. The Hall–Kier alpha value is -3.10. The molecule has 0 bridgehead atoms. The fourth-order valence-corrected chi connectivity index (χ4v) is 2.70. The van der Waals surface area contributed by atoms with Crippen LogP contribution in [0.5, 0.6) is 0 Å². The summed E-state index contributed by atoms with van der Waals surface area (Å²) in [6.07, 6.45) is -0.103. The Morgan fingerprint density at radius 2 is 1.47 bits per heavy atom. The van der Waals surface area contributed by atoms with Crippen molar-refractivity contribution in [2.75, 3.05) is 26.1 Å². The number of halogens is 2. The molecule has 0 saturated carbocycles. The van der Waals surface area contributed by atoms with Crippen LogP contribution in [0.3, 0.4) is 0 Å². The van der Waals surface area contributed by atoms with E-state index in [4.69, 9.17) is 27.9 Å². The zero-order valence-electron chi connectivity index (χ0n) is 16.0. The van der Waals surface area contributed by atoms with Crippen molar-refractivity contribution in [1.29, 1.82) is 0 Å². The van der Waals surface area contributed by atoms with Crippen LogP contribution in [0.1, 0.15) is 26.3 Å².